The van der Waals surface area contributed by atoms with Crippen LogP contribution in [0.15, 0.2) is 146 Å². The lowest BCUT2D eigenvalue weighted by Crippen LogP contribution is -2.05. The molecule has 2 unspecified atom stereocenters. The Balaban J connectivity index is 1.31. The molecule has 2 nitrogen and oxygen atoms in total. The van der Waals surface area contributed by atoms with Crippen LogP contribution >= 0.6 is 0 Å². The van der Waals surface area contributed by atoms with Gasteiger partial charge in [-0.1, -0.05) is 157 Å². The minimum atomic E-state index is 0.153. The predicted octanol–water partition coefficient (Wildman–Crippen LogP) is 9.25. The second-order valence-corrected chi connectivity index (χ2v) is 11.8. The van der Waals surface area contributed by atoms with Gasteiger partial charge in [0.25, 0.3) is 0 Å². The van der Waals surface area contributed by atoms with E-state index < -0.39 is 0 Å². The number of benzene rings is 6. The summed E-state index contributed by atoms with van der Waals surface area (Å²) in [6, 6.07) is 53.3. The molecule has 0 fully saturated rings. The summed E-state index contributed by atoms with van der Waals surface area (Å²) in [7, 11) is 0. The summed E-state index contributed by atoms with van der Waals surface area (Å²) in [4.78, 5) is 0. The summed E-state index contributed by atoms with van der Waals surface area (Å²) in [5, 5.41) is 0. The zero-order chi connectivity index (χ0) is 30.5. The minimum absolute atomic E-state index is 0.153. The Morgan fingerprint density at radius 2 is 0.568 bits per heavy atom. The molecule has 0 heterocycles. The topological polar surface area (TPSA) is 52.0 Å². The van der Waals surface area contributed by atoms with Gasteiger partial charge in [0.05, 0.1) is 0 Å². The summed E-state index contributed by atoms with van der Waals surface area (Å²) in [6.07, 6.45) is 0. The summed E-state index contributed by atoms with van der Waals surface area (Å²) in [5.74, 6) is 0.305. The van der Waals surface area contributed by atoms with Gasteiger partial charge in [0.2, 0.25) is 0 Å². The summed E-state index contributed by atoms with van der Waals surface area (Å²) < 4.78 is 0. The van der Waals surface area contributed by atoms with Crippen molar-refractivity contribution < 1.29 is 0 Å². The zero-order valence-electron chi connectivity index (χ0n) is 25.6. The number of rotatable bonds is 9. The maximum absolute atomic E-state index is 5.88. The van der Waals surface area contributed by atoms with Crippen LogP contribution in [0.5, 0.6) is 0 Å². The van der Waals surface area contributed by atoms with E-state index in [0.717, 1.165) is 11.1 Å². The molecule has 2 heteroatoms. The Bertz CT molecular complexity index is 1640. The van der Waals surface area contributed by atoms with Crippen molar-refractivity contribution in [2.75, 3.05) is 0 Å². The van der Waals surface area contributed by atoms with Crippen molar-refractivity contribution in [3.8, 4) is 11.1 Å². The molecule has 0 aliphatic rings. The average Bonchev–Trinajstić information content (AvgIpc) is 3.08. The second-order valence-electron chi connectivity index (χ2n) is 11.8. The second kappa shape index (κ2) is 13.3. The first-order valence-electron chi connectivity index (χ1n) is 15.4. The Hall–Kier alpha value is -4.76. The molecule has 6 aromatic carbocycles. The highest BCUT2D eigenvalue weighted by Gasteiger charge is 2.19. The summed E-state index contributed by atoms with van der Waals surface area (Å²) in [5.41, 5.74) is 26.7. The monoisotopic (exact) mass is 572 g/mol. The largest absolute Gasteiger partial charge is 0.326 e. The molecular weight excluding hydrogens is 532 g/mol. The molecule has 2 atom stereocenters. The van der Waals surface area contributed by atoms with Crippen LogP contribution in [0, 0.1) is 13.8 Å². The summed E-state index contributed by atoms with van der Waals surface area (Å²) in [6.45, 7) is 5.37. The Morgan fingerprint density at radius 3 is 0.818 bits per heavy atom. The SMILES string of the molecule is Cc1ccc(C(c2ccc(CN)cc2)c2ccc(-c3ccc(C(c4ccc(C)cc4)c4ccc(CN)cc4)cc3)cc2)cc1. The molecule has 0 amide bonds. The number of aryl methyl sites for hydroxylation is 2. The summed E-state index contributed by atoms with van der Waals surface area (Å²) >= 11 is 0. The van der Waals surface area contributed by atoms with E-state index in [9.17, 15) is 0 Å². The Kier molecular flexibility index (Phi) is 8.84. The van der Waals surface area contributed by atoms with E-state index >= 15 is 0 Å². The molecule has 0 radical (unpaired) electrons. The van der Waals surface area contributed by atoms with Crippen LogP contribution in [0.1, 0.15) is 67.5 Å². The van der Waals surface area contributed by atoms with E-state index in [2.05, 4.69) is 159 Å². The highest BCUT2D eigenvalue weighted by atomic mass is 14.5. The lowest BCUT2D eigenvalue weighted by atomic mass is 9.83. The Labute approximate surface area is 262 Å². The van der Waals surface area contributed by atoms with Crippen molar-refractivity contribution in [2.24, 2.45) is 11.5 Å². The third kappa shape index (κ3) is 6.43. The zero-order valence-corrected chi connectivity index (χ0v) is 25.6. The highest BCUT2D eigenvalue weighted by Crippen LogP contribution is 2.36. The van der Waals surface area contributed by atoms with Crippen molar-refractivity contribution in [3.05, 3.63) is 201 Å². The molecule has 0 aromatic heterocycles. The minimum Gasteiger partial charge on any atom is -0.326 e. The molecule has 0 saturated heterocycles. The molecule has 218 valence electrons. The van der Waals surface area contributed by atoms with Crippen LogP contribution in [0.4, 0.5) is 0 Å². The molecule has 6 rings (SSSR count). The van der Waals surface area contributed by atoms with Gasteiger partial charge in [-0.3, -0.25) is 0 Å². The van der Waals surface area contributed by atoms with E-state index in [-0.39, 0.29) is 11.8 Å². The van der Waals surface area contributed by atoms with Crippen molar-refractivity contribution in [3.63, 3.8) is 0 Å². The fraction of sp³-hybridized carbons (Fsp3) is 0.143. The first-order chi connectivity index (χ1) is 21.5. The highest BCUT2D eigenvalue weighted by molar-refractivity contribution is 5.65. The molecule has 4 N–H and O–H groups in total. The van der Waals surface area contributed by atoms with Crippen LogP contribution in [-0.4, -0.2) is 0 Å². The molecular formula is C42H40N2. The smallest absolute Gasteiger partial charge is 0.0340 e. The van der Waals surface area contributed by atoms with E-state index in [1.807, 2.05) is 0 Å². The van der Waals surface area contributed by atoms with E-state index in [0.29, 0.717) is 13.1 Å². The number of hydrogen-bond acceptors (Lipinski definition) is 2. The number of hydrogen-bond donors (Lipinski definition) is 2. The van der Waals surface area contributed by atoms with Gasteiger partial charge in [-0.05, 0) is 69.5 Å². The van der Waals surface area contributed by atoms with Gasteiger partial charge in [0.15, 0.2) is 0 Å². The fourth-order valence-corrected chi connectivity index (χ4v) is 6.10. The maximum atomic E-state index is 5.88. The molecule has 6 aromatic rings. The van der Waals surface area contributed by atoms with Crippen LogP contribution in [0.25, 0.3) is 11.1 Å². The molecule has 0 aliphatic carbocycles. The van der Waals surface area contributed by atoms with Gasteiger partial charge in [0, 0.05) is 24.9 Å². The molecule has 0 saturated carbocycles. The van der Waals surface area contributed by atoms with E-state index in [1.165, 1.54) is 55.6 Å². The lowest BCUT2D eigenvalue weighted by Gasteiger charge is -2.21. The van der Waals surface area contributed by atoms with Gasteiger partial charge in [0.1, 0.15) is 0 Å². The molecule has 44 heavy (non-hydrogen) atoms. The van der Waals surface area contributed by atoms with Crippen molar-refractivity contribution in [1.29, 1.82) is 0 Å². The van der Waals surface area contributed by atoms with Gasteiger partial charge < -0.3 is 11.5 Å². The fourth-order valence-electron chi connectivity index (χ4n) is 6.10. The van der Waals surface area contributed by atoms with Crippen molar-refractivity contribution in [1.82, 2.24) is 0 Å². The van der Waals surface area contributed by atoms with Crippen LogP contribution < -0.4 is 11.5 Å². The van der Waals surface area contributed by atoms with Crippen molar-refractivity contribution >= 4 is 0 Å². The third-order valence-corrected chi connectivity index (χ3v) is 8.74. The van der Waals surface area contributed by atoms with E-state index in [4.69, 9.17) is 11.5 Å². The predicted molar refractivity (Wildman–Crippen MR) is 185 cm³/mol. The van der Waals surface area contributed by atoms with Crippen LogP contribution in [0.2, 0.25) is 0 Å². The maximum Gasteiger partial charge on any atom is 0.0340 e. The lowest BCUT2D eigenvalue weighted by molar-refractivity contribution is 0.968. The average molecular weight is 573 g/mol. The van der Waals surface area contributed by atoms with Crippen LogP contribution in [-0.2, 0) is 13.1 Å². The van der Waals surface area contributed by atoms with Gasteiger partial charge in [-0.2, -0.15) is 0 Å². The number of nitrogens with two attached hydrogens (primary N) is 2. The first kappa shape index (κ1) is 29.3. The molecule has 0 spiro atoms. The quantitative estimate of drug-likeness (QED) is 0.170. The van der Waals surface area contributed by atoms with Crippen molar-refractivity contribution in [2.45, 2.75) is 38.8 Å². The van der Waals surface area contributed by atoms with Crippen LogP contribution in [0.3, 0.4) is 0 Å². The Morgan fingerprint density at radius 1 is 0.341 bits per heavy atom. The molecule has 0 bridgehead atoms. The molecule has 0 aliphatic heterocycles. The van der Waals surface area contributed by atoms with Gasteiger partial charge >= 0.3 is 0 Å². The standard InChI is InChI=1S/C42H40N2/c1-29-3-11-35(12-4-29)41(37-15-7-31(27-43)8-16-37)39-23-19-33(20-24-39)34-21-25-40(26-22-34)42(36-13-5-30(2)6-14-36)38-17-9-32(28-44)10-18-38/h3-26,41-42H,27-28,43-44H2,1-2H3. The van der Waals surface area contributed by atoms with E-state index in [1.54, 1.807) is 0 Å². The first-order valence-corrected chi connectivity index (χ1v) is 15.4. The third-order valence-electron chi connectivity index (χ3n) is 8.74. The normalized spacial score (nSPS) is 12.5. The van der Waals surface area contributed by atoms with Gasteiger partial charge in [-0.25, -0.2) is 0 Å². The van der Waals surface area contributed by atoms with Gasteiger partial charge in [-0.15, -0.1) is 0 Å².